The molecule has 0 heterocycles. The second-order valence-corrected chi connectivity index (χ2v) is 6.91. The SMILES string of the molecule is CCCCNc1cc(C(=O)[O-])cc(S(N)(=O)=O)c1Oc1ccccc1. The molecule has 25 heavy (non-hydrogen) atoms. The van der Waals surface area contributed by atoms with Gasteiger partial charge in [0.1, 0.15) is 10.6 Å². The van der Waals surface area contributed by atoms with Crippen molar-refractivity contribution in [2.75, 3.05) is 11.9 Å². The number of nitrogens with one attached hydrogen (secondary N) is 1. The number of hydrogen-bond donors (Lipinski definition) is 2. The summed E-state index contributed by atoms with van der Waals surface area (Å²) in [6.45, 7) is 2.51. The molecular weight excluding hydrogens is 344 g/mol. The van der Waals surface area contributed by atoms with Gasteiger partial charge < -0.3 is 20.0 Å². The van der Waals surface area contributed by atoms with Gasteiger partial charge in [0.15, 0.2) is 5.75 Å². The summed E-state index contributed by atoms with van der Waals surface area (Å²) < 4.78 is 29.6. The number of aromatic carboxylic acids is 1. The summed E-state index contributed by atoms with van der Waals surface area (Å²) in [4.78, 5) is 10.8. The summed E-state index contributed by atoms with van der Waals surface area (Å²) in [6.07, 6.45) is 1.72. The molecule has 0 radical (unpaired) electrons. The van der Waals surface area contributed by atoms with Crippen LogP contribution in [0.25, 0.3) is 0 Å². The molecule has 0 aliphatic heterocycles. The minimum absolute atomic E-state index is 0.0465. The Morgan fingerprint density at radius 3 is 2.48 bits per heavy atom. The van der Waals surface area contributed by atoms with Crippen LogP contribution in [-0.4, -0.2) is 20.9 Å². The molecular formula is C17H19N2O5S-. The highest BCUT2D eigenvalue weighted by atomic mass is 32.2. The largest absolute Gasteiger partial charge is 0.545 e. The van der Waals surface area contributed by atoms with Crippen LogP contribution < -0.4 is 20.3 Å². The van der Waals surface area contributed by atoms with Crippen molar-refractivity contribution >= 4 is 21.7 Å². The van der Waals surface area contributed by atoms with E-state index in [1.807, 2.05) is 6.92 Å². The number of carbonyl (C=O) groups is 1. The molecule has 0 unspecified atom stereocenters. The van der Waals surface area contributed by atoms with Crippen LogP contribution in [0.15, 0.2) is 47.4 Å². The molecule has 0 aliphatic carbocycles. The van der Waals surface area contributed by atoms with E-state index < -0.39 is 20.9 Å². The summed E-state index contributed by atoms with van der Waals surface area (Å²) in [7, 11) is -4.22. The van der Waals surface area contributed by atoms with Gasteiger partial charge >= 0.3 is 0 Å². The van der Waals surface area contributed by atoms with Crippen molar-refractivity contribution in [2.24, 2.45) is 5.14 Å². The Bertz CT molecular complexity index is 851. The summed E-state index contributed by atoms with van der Waals surface area (Å²) in [5.74, 6) is -1.16. The first-order valence-corrected chi connectivity index (χ1v) is 9.26. The summed E-state index contributed by atoms with van der Waals surface area (Å²) in [5, 5.41) is 19.5. The van der Waals surface area contributed by atoms with Crippen molar-refractivity contribution in [3.05, 3.63) is 48.0 Å². The topological polar surface area (TPSA) is 122 Å². The maximum Gasteiger partial charge on any atom is 0.241 e. The van der Waals surface area contributed by atoms with Crippen molar-refractivity contribution in [1.82, 2.24) is 0 Å². The number of nitrogens with two attached hydrogens (primary N) is 1. The number of anilines is 1. The van der Waals surface area contributed by atoms with Gasteiger partial charge in [-0.2, -0.15) is 0 Å². The predicted molar refractivity (Wildman–Crippen MR) is 92.1 cm³/mol. The molecule has 0 fully saturated rings. The van der Waals surface area contributed by atoms with Crippen molar-refractivity contribution < 1.29 is 23.1 Å². The average molecular weight is 363 g/mol. The normalized spacial score (nSPS) is 11.1. The van der Waals surface area contributed by atoms with E-state index in [2.05, 4.69) is 5.32 Å². The van der Waals surface area contributed by atoms with Gasteiger partial charge in [-0.3, -0.25) is 0 Å². The van der Waals surface area contributed by atoms with E-state index in [1.165, 1.54) is 6.07 Å². The van der Waals surface area contributed by atoms with Gasteiger partial charge in [-0.05, 0) is 30.7 Å². The van der Waals surface area contributed by atoms with E-state index in [0.717, 1.165) is 18.9 Å². The first-order chi connectivity index (χ1) is 11.8. The minimum Gasteiger partial charge on any atom is -0.545 e. The number of benzene rings is 2. The fourth-order valence-corrected chi connectivity index (χ4v) is 2.88. The second-order valence-electron chi connectivity index (χ2n) is 5.38. The van der Waals surface area contributed by atoms with Gasteiger partial charge in [0.05, 0.1) is 11.7 Å². The van der Waals surface area contributed by atoms with E-state index in [4.69, 9.17) is 9.88 Å². The van der Waals surface area contributed by atoms with Crippen molar-refractivity contribution in [2.45, 2.75) is 24.7 Å². The van der Waals surface area contributed by atoms with Gasteiger partial charge in [0.25, 0.3) is 0 Å². The molecule has 2 aromatic rings. The number of unbranched alkanes of at least 4 members (excludes halogenated alkanes) is 1. The zero-order valence-corrected chi connectivity index (χ0v) is 14.5. The molecule has 0 saturated heterocycles. The number of sulfonamides is 1. The molecule has 2 rings (SSSR count). The monoisotopic (exact) mass is 363 g/mol. The number of carboxylic acids is 1. The molecule has 0 aliphatic rings. The summed E-state index contributed by atoms with van der Waals surface area (Å²) >= 11 is 0. The molecule has 134 valence electrons. The molecule has 0 spiro atoms. The van der Waals surface area contributed by atoms with Crippen LogP contribution in [0.3, 0.4) is 0 Å². The quantitative estimate of drug-likeness (QED) is 0.689. The van der Waals surface area contributed by atoms with Crippen LogP contribution in [-0.2, 0) is 10.0 Å². The first-order valence-electron chi connectivity index (χ1n) is 7.72. The number of carbonyl (C=O) groups excluding carboxylic acids is 1. The Kier molecular flexibility index (Phi) is 6.00. The average Bonchev–Trinajstić information content (AvgIpc) is 2.56. The number of rotatable bonds is 8. The van der Waals surface area contributed by atoms with E-state index >= 15 is 0 Å². The summed E-state index contributed by atoms with van der Waals surface area (Å²) in [5.41, 5.74) is -0.0773. The van der Waals surface area contributed by atoms with Crippen LogP contribution in [0.4, 0.5) is 5.69 Å². The van der Waals surface area contributed by atoms with Crippen molar-refractivity contribution in [3.8, 4) is 11.5 Å². The Balaban J connectivity index is 2.59. The van der Waals surface area contributed by atoms with Crippen LogP contribution in [0, 0.1) is 0 Å². The van der Waals surface area contributed by atoms with E-state index in [1.54, 1.807) is 30.3 Å². The Hall–Kier alpha value is -2.58. The lowest BCUT2D eigenvalue weighted by molar-refractivity contribution is -0.255. The molecule has 8 heteroatoms. The standard InChI is InChI=1S/C17H20N2O5S/c1-2-3-9-19-14-10-12(17(20)21)11-15(25(18,22)23)16(14)24-13-7-5-4-6-8-13/h4-8,10-11,19H,2-3,9H2,1H3,(H,20,21)(H2,18,22,23)/p-1. The van der Waals surface area contributed by atoms with Crippen LogP contribution in [0.2, 0.25) is 0 Å². The first kappa shape index (κ1) is 18.8. The number of ether oxygens (including phenoxy) is 1. The molecule has 3 N–H and O–H groups in total. The smallest absolute Gasteiger partial charge is 0.241 e. The van der Waals surface area contributed by atoms with Crippen LogP contribution >= 0.6 is 0 Å². The highest BCUT2D eigenvalue weighted by molar-refractivity contribution is 7.89. The van der Waals surface area contributed by atoms with E-state index in [-0.39, 0.29) is 17.0 Å². The zero-order valence-electron chi connectivity index (χ0n) is 13.7. The minimum atomic E-state index is -4.22. The fourth-order valence-electron chi connectivity index (χ4n) is 2.17. The highest BCUT2D eigenvalue weighted by Gasteiger charge is 2.22. The number of para-hydroxylation sites is 1. The molecule has 7 nitrogen and oxygen atoms in total. The lowest BCUT2D eigenvalue weighted by Gasteiger charge is -2.18. The third-order valence-electron chi connectivity index (χ3n) is 3.41. The van der Waals surface area contributed by atoms with Crippen molar-refractivity contribution in [1.29, 1.82) is 0 Å². The predicted octanol–water partition coefficient (Wildman–Crippen LogP) is 1.70. The van der Waals surface area contributed by atoms with Crippen molar-refractivity contribution in [3.63, 3.8) is 0 Å². The fraction of sp³-hybridized carbons (Fsp3) is 0.235. The Labute approximate surface area is 146 Å². The van der Waals surface area contributed by atoms with Gasteiger partial charge in [-0.25, -0.2) is 13.6 Å². The van der Waals surface area contributed by atoms with Gasteiger partial charge in [0, 0.05) is 12.1 Å². The van der Waals surface area contributed by atoms with E-state index in [9.17, 15) is 18.3 Å². The van der Waals surface area contributed by atoms with Gasteiger partial charge in [0.2, 0.25) is 10.0 Å². The van der Waals surface area contributed by atoms with Gasteiger partial charge in [-0.15, -0.1) is 0 Å². The number of carboxylic acid groups (broad SMARTS) is 1. The zero-order chi connectivity index (χ0) is 18.4. The maximum atomic E-state index is 12.0. The Morgan fingerprint density at radius 1 is 1.24 bits per heavy atom. The second kappa shape index (κ2) is 8.00. The van der Waals surface area contributed by atoms with E-state index in [0.29, 0.717) is 12.3 Å². The maximum absolute atomic E-state index is 12.0. The third kappa shape index (κ3) is 4.94. The lowest BCUT2D eigenvalue weighted by atomic mass is 10.1. The summed E-state index contributed by atoms with van der Waals surface area (Å²) in [6, 6.07) is 10.8. The highest BCUT2D eigenvalue weighted by Crippen LogP contribution is 2.37. The molecule has 0 amide bonds. The molecule has 0 saturated carbocycles. The van der Waals surface area contributed by atoms with Crippen LogP contribution in [0.5, 0.6) is 11.5 Å². The Morgan fingerprint density at radius 2 is 1.92 bits per heavy atom. The number of hydrogen-bond acceptors (Lipinski definition) is 6. The molecule has 2 aromatic carbocycles. The van der Waals surface area contributed by atoms with Crippen LogP contribution in [0.1, 0.15) is 30.1 Å². The molecule has 0 atom stereocenters. The molecule has 0 bridgehead atoms. The lowest BCUT2D eigenvalue weighted by Crippen LogP contribution is -2.24. The number of primary sulfonamides is 1. The molecule has 0 aromatic heterocycles. The third-order valence-corrected chi connectivity index (χ3v) is 4.32. The van der Waals surface area contributed by atoms with Gasteiger partial charge in [-0.1, -0.05) is 31.5 Å².